The Bertz CT molecular complexity index is 1310. The van der Waals surface area contributed by atoms with Crippen molar-refractivity contribution in [3.8, 4) is 23.0 Å². The van der Waals surface area contributed by atoms with Crippen molar-refractivity contribution in [2.45, 2.75) is 37.8 Å². The zero-order valence-corrected chi connectivity index (χ0v) is 21.5. The van der Waals surface area contributed by atoms with E-state index in [1.807, 2.05) is 0 Å². The lowest BCUT2D eigenvalue weighted by molar-refractivity contribution is -0.164. The molecule has 0 amide bonds. The molecule has 0 spiro atoms. The van der Waals surface area contributed by atoms with E-state index in [2.05, 4.69) is 0 Å². The van der Waals surface area contributed by atoms with Crippen LogP contribution in [0.15, 0.2) is 48.5 Å². The average Bonchev–Trinajstić information content (AvgIpc) is 3.84. The van der Waals surface area contributed by atoms with Gasteiger partial charge in [-0.1, -0.05) is 0 Å². The maximum Gasteiger partial charge on any atom is 0.420 e. The van der Waals surface area contributed by atoms with Crippen LogP contribution >= 0.6 is 0 Å². The van der Waals surface area contributed by atoms with E-state index in [4.69, 9.17) is 28.4 Å². The quantitative estimate of drug-likeness (QED) is 0.169. The maximum absolute atomic E-state index is 14.5. The van der Waals surface area contributed by atoms with Gasteiger partial charge in [0.2, 0.25) is 0 Å². The molecule has 6 nitrogen and oxygen atoms in total. The molecule has 0 aliphatic carbocycles. The monoisotopic (exact) mass is 606 g/mol. The number of rotatable bonds is 12. The predicted octanol–water partition coefficient (Wildman–Crippen LogP) is 6.72. The van der Waals surface area contributed by atoms with Crippen LogP contribution in [0.25, 0.3) is 0 Å². The number of alkyl halides is 6. The molecule has 0 bridgehead atoms. The van der Waals surface area contributed by atoms with Crippen LogP contribution in [0.4, 0.5) is 35.1 Å². The highest BCUT2D eigenvalue weighted by molar-refractivity contribution is 5.52. The summed E-state index contributed by atoms with van der Waals surface area (Å²) in [7, 11) is 0. The Labute approximate surface area is 233 Å². The summed E-state index contributed by atoms with van der Waals surface area (Å²) in [6, 6.07) is 8.25. The van der Waals surface area contributed by atoms with Crippen LogP contribution in [0.3, 0.4) is 0 Å². The van der Waals surface area contributed by atoms with Gasteiger partial charge in [0.05, 0.1) is 13.2 Å². The zero-order valence-electron chi connectivity index (χ0n) is 21.5. The molecule has 0 N–H and O–H groups in total. The molecule has 2 saturated heterocycles. The van der Waals surface area contributed by atoms with Gasteiger partial charge in [-0.3, -0.25) is 0 Å². The molecule has 5 rings (SSSR count). The first-order chi connectivity index (χ1) is 19.9. The summed E-state index contributed by atoms with van der Waals surface area (Å²) < 4.78 is 144. The van der Waals surface area contributed by atoms with Crippen molar-refractivity contribution in [1.29, 1.82) is 0 Å². The van der Waals surface area contributed by atoms with E-state index in [0.717, 1.165) is 12.1 Å². The van der Waals surface area contributed by atoms with Crippen molar-refractivity contribution in [3.05, 3.63) is 82.4 Å². The number of hydrogen-bond acceptors (Lipinski definition) is 6. The van der Waals surface area contributed by atoms with Crippen LogP contribution in [0.2, 0.25) is 0 Å². The Kier molecular flexibility index (Phi) is 8.37. The number of benzene rings is 3. The lowest BCUT2D eigenvalue weighted by Crippen LogP contribution is -2.20. The van der Waals surface area contributed by atoms with Crippen molar-refractivity contribution < 1.29 is 63.5 Å². The molecule has 14 heteroatoms. The molecular weight excluding hydrogens is 584 g/mol. The molecule has 3 aromatic rings. The molecule has 2 unspecified atom stereocenters. The number of halogens is 8. The number of epoxide rings is 2. The first-order valence-corrected chi connectivity index (χ1v) is 12.5. The van der Waals surface area contributed by atoms with Gasteiger partial charge in [-0.05, 0) is 36.4 Å². The molecule has 226 valence electrons. The van der Waals surface area contributed by atoms with Crippen LogP contribution < -0.4 is 18.9 Å². The molecule has 2 fully saturated rings. The first-order valence-electron chi connectivity index (χ1n) is 12.5. The topological polar surface area (TPSA) is 62.0 Å². The summed E-state index contributed by atoms with van der Waals surface area (Å²) in [6.07, 6.45) is -11.3. The van der Waals surface area contributed by atoms with E-state index < -0.39 is 59.8 Å². The lowest BCUT2D eigenvalue weighted by atomic mass is 10.0. The van der Waals surface area contributed by atoms with E-state index in [0.29, 0.717) is 25.3 Å². The highest BCUT2D eigenvalue weighted by atomic mass is 19.4. The summed E-state index contributed by atoms with van der Waals surface area (Å²) >= 11 is 0. The molecule has 2 heterocycles. The van der Waals surface area contributed by atoms with E-state index >= 15 is 0 Å². The highest BCUT2D eigenvalue weighted by Gasteiger charge is 2.48. The second kappa shape index (κ2) is 11.8. The van der Waals surface area contributed by atoms with Gasteiger partial charge >= 0.3 is 12.4 Å². The minimum absolute atomic E-state index is 0.0988. The third-order valence-electron chi connectivity index (χ3n) is 6.19. The van der Waals surface area contributed by atoms with Crippen molar-refractivity contribution in [1.82, 2.24) is 0 Å². The Hall–Kier alpha value is -3.78. The number of hydrogen-bond donors (Lipinski definition) is 0. The lowest BCUT2D eigenvalue weighted by Gasteiger charge is -2.22. The van der Waals surface area contributed by atoms with Gasteiger partial charge in [0, 0.05) is 23.3 Å². The summed E-state index contributed by atoms with van der Waals surface area (Å²) in [5.74, 6) is -3.91. The predicted molar refractivity (Wildman–Crippen MR) is 128 cm³/mol. The Balaban J connectivity index is 1.34. The molecule has 2 atom stereocenters. The molecule has 0 aromatic heterocycles. The minimum atomic E-state index is -5.55. The minimum Gasteiger partial charge on any atom is -0.491 e. The smallest absolute Gasteiger partial charge is 0.420 e. The summed E-state index contributed by atoms with van der Waals surface area (Å²) in [4.78, 5) is 0. The Morgan fingerprint density at radius 1 is 0.595 bits per heavy atom. The second-order valence-electron chi connectivity index (χ2n) is 9.42. The summed E-state index contributed by atoms with van der Waals surface area (Å²) in [6.45, 7) is -0.245. The Morgan fingerprint density at radius 2 is 0.976 bits per heavy atom. The van der Waals surface area contributed by atoms with E-state index in [-0.39, 0.29) is 48.0 Å². The fourth-order valence-electron chi connectivity index (χ4n) is 3.86. The summed E-state index contributed by atoms with van der Waals surface area (Å²) in [5, 5.41) is 0. The SMILES string of the molecule is Fc1cc(OCC2CO2)ccc1COc1ccc(OCc2ccc(OCC3CO3)cc2F)c(C(F)(F)F)c1C(F)(F)F. The molecule has 3 aromatic carbocycles. The fraction of sp³-hybridized carbons (Fsp3) is 0.357. The third kappa shape index (κ3) is 7.53. The van der Waals surface area contributed by atoms with Gasteiger partial charge in [0.15, 0.2) is 0 Å². The van der Waals surface area contributed by atoms with E-state index in [1.165, 1.54) is 24.3 Å². The van der Waals surface area contributed by atoms with Gasteiger partial charge in [-0.15, -0.1) is 0 Å². The van der Waals surface area contributed by atoms with E-state index in [1.54, 1.807) is 0 Å². The standard InChI is InChI=1S/C28H22F8O6/c29-21-7-17(37-11-19-13-39-19)3-1-15(21)9-41-23-5-6-24(26(28(34,35)36)25(23)27(31,32)33)42-10-16-2-4-18(8-22(16)30)38-12-20-14-40-20/h1-8,19-20H,9-14H2. The zero-order chi connectivity index (χ0) is 30.1. The largest absolute Gasteiger partial charge is 0.491 e. The molecular formula is C28H22F8O6. The van der Waals surface area contributed by atoms with Gasteiger partial charge < -0.3 is 28.4 Å². The van der Waals surface area contributed by atoms with E-state index in [9.17, 15) is 35.1 Å². The van der Waals surface area contributed by atoms with Crippen molar-refractivity contribution in [3.63, 3.8) is 0 Å². The van der Waals surface area contributed by atoms with Crippen molar-refractivity contribution >= 4 is 0 Å². The molecule has 2 aliphatic heterocycles. The second-order valence-corrected chi connectivity index (χ2v) is 9.42. The third-order valence-corrected chi connectivity index (χ3v) is 6.19. The van der Waals surface area contributed by atoms with Gasteiger partial charge in [0.25, 0.3) is 0 Å². The average molecular weight is 606 g/mol. The van der Waals surface area contributed by atoms with Crippen LogP contribution in [0.1, 0.15) is 22.3 Å². The fourth-order valence-corrected chi connectivity index (χ4v) is 3.86. The van der Waals surface area contributed by atoms with Gasteiger partial charge in [0.1, 0.15) is 84.4 Å². The molecule has 0 saturated carbocycles. The Morgan fingerprint density at radius 3 is 1.29 bits per heavy atom. The van der Waals surface area contributed by atoms with Crippen LogP contribution in [-0.4, -0.2) is 38.6 Å². The molecule has 2 aliphatic rings. The molecule has 0 radical (unpaired) electrons. The molecule has 42 heavy (non-hydrogen) atoms. The van der Waals surface area contributed by atoms with Crippen molar-refractivity contribution in [2.24, 2.45) is 0 Å². The summed E-state index contributed by atoms with van der Waals surface area (Å²) in [5.41, 5.74) is -4.77. The van der Waals surface area contributed by atoms with Crippen LogP contribution in [0, 0.1) is 11.6 Å². The highest BCUT2D eigenvalue weighted by Crippen LogP contribution is 2.49. The maximum atomic E-state index is 14.5. The first kappa shape index (κ1) is 29.7. The number of ether oxygens (including phenoxy) is 6. The van der Waals surface area contributed by atoms with Crippen molar-refractivity contribution in [2.75, 3.05) is 26.4 Å². The van der Waals surface area contributed by atoms with Gasteiger partial charge in [-0.2, -0.15) is 26.3 Å². The van der Waals surface area contributed by atoms with Crippen LogP contribution in [-0.2, 0) is 35.0 Å². The van der Waals surface area contributed by atoms with Crippen LogP contribution in [0.5, 0.6) is 23.0 Å². The normalized spacial score (nSPS) is 18.0. The van der Waals surface area contributed by atoms with Gasteiger partial charge in [-0.25, -0.2) is 8.78 Å².